The van der Waals surface area contributed by atoms with Crippen molar-refractivity contribution >= 4 is 16.9 Å². The molecule has 0 aliphatic heterocycles. The Hall–Kier alpha value is -3.94. The molecule has 1 N–H and O–H groups in total. The van der Waals surface area contributed by atoms with Gasteiger partial charge in [0.25, 0.3) is 5.91 Å². The molecule has 3 heterocycles. The van der Waals surface area contributed by atoms with Crippen LogP contribution >= 0.6 is 0 Å². The van der Waals surface area contributed by atoms with Crippen LogP contribution in [-0.4, -0.2) is 32.3 Å². The lowest BCUT2D eigenvalue weighted by atomic mass is 10.2. The number of fused-ring (bicyclic) bond motifs is 1. The smallest absolute Gasteiger partial charge is 0.253 e. The Bertz CT molecular complexity index is 1230. The molecule has 0 fully saturated rings. The van der Waals surface area contributed by atoms with Crippen molar-refractivity contribution in [1.29, 1.82) is 0 Å². The first-order valence-electron chi connectivity index (χ1n) is 11.0. The van der Waals surface area contributed by atoms with Crippen LogP contribution in [0, 0.1) is 0 Å². The number of nitrogens with zero attached hydrogens (tertiary/aromatic N) is 4. The second-order valence-corrected chi connectivity index (χ2v) is 7.89. The third kappa shape index (κ3) is 5.28. The van der Waals surface area contributed by atoms with Crippen LogP contribution in [0.25, 0.3) is 11.0 Å². The molecule has 8 heteroatoms. The van der Waals surface area contributed by atoms with Gasteiger partial charge in [-0.15, -0.1) is 0 Å². The minimum absolute atomic E-state index is 0.193. The lowest BCUT2D eigenvalue weighted by Crippen LogP contribution is -2.23. The molecular weight excluding hydrogens is 418 g/mol. The zero-order valence-electron chi connectivity index (χ0n) is 19.0. The molecule has 0 unspecified atom stereocenters. The highest BCUT2D eigenvalue weighted by molar-refractivity contribution is 5.96. The predicted octanol–water partition coefficient (Wildman–Crippen LogP) is 4.92. The number of pyridine rings is 2. The van der Waals surface area contributed by atoms with Gasteiger partial charge in [0.1, 0.15) is 11.5 Å². The molecule has 4 aromatic rings. The number of carbonyl (C=O) groups excluding carboxylic acids is 1. The minimum atomic E-state index is -0.228. The number of nitrogens with one attached hydrogen (secondary N) is 1. The third-order valence-corrected chi connectivity index (χ3v) is 4.99. The second kappa shape index (κ2) is 10.1. The number of rotatable bonds is 9. The molecule has 1 amide bonds. The van der Waals surface area contributed by atoms with E-state index >= 15 is 0 Å². The summed E-state index contributed by atoms with van der Waals surface area (Å²) in [5.74, 6) is 1.64. The summed E-state index contributed by atoms with van der Waals surface area (Å²) >= 11 is 0. The van der Waals surface area contributed by atoms with E-state index in [-0.39, 0.29) is 18.5 Å². The van der Waals surface area contributed by atoms with Crippen molar-refractivity contribution in [3.8, 4) is 17.4 Å². The molecule has 0 saturated carbocycles. The maximum Gasteiger partial charge on any atom is 0.253 e. The fourth-order valence-corrected chi connectivity index (χ4v) is 3.31. The molecular formula is C25H27N5O3. The summed E-state index contributed by atoms with van der Waals surface area (Å²) in [4.78, 5) is 21.5. The maximum atomic E-state index is 12.7. The highest BCUT2D eigenvalue weighted by atomic mass is 16.5. The number of benzene rings is 1. The summed E-state index contributed by atoms with van der Waals surface area (Å²) in [6.07, 6.45) is 5.90. The van der Waals surface area contributed by atoms with Gasteiger partial charge in [-0.1, -0.05) is 13.0 Å². The van der Waals surface area contributed by atoms with Crippen LogP contribution < -0.4 is 14.8 Å². The predicted molar refractivity (Wildman–Crippen MR) is 126 cm³/mol. The van der Waals surface area contributed by atoms with Crippen molar-refractivity contribution in [2.45, 2.75) is 39.8 Å². The van der Waals surface area contributed by atoms with Crippen LogP contribution in [0.1, 0.15) is 49.2 Å². The number of hydrogen-bond acceptors (Lipinski definition) is 6. The summed E-state index contributed by atoms with van der Waals surface area (Å²) in [5.41, 5.74) is 1.99. The van der Waals surface area contributed by atoms with E-state index in [0.29, 0.717) is 23.8 Å². The topological polar surface area (TPSA) is 91.2 Å². The summed E-state index contributed by atoms with van der Waals surface area (Å²) < 4.78 is 13.4. The third-order valence-electron chi connectivity index (χ3n) is 4.99. The van der Waals surface area contributed by atoms with E-state index in [1.165, 1.54) is 0 Å². The summed E-state index contributed by atoms with van der Waals surface area (Å²) in [7, 11) is 0. The number of ether oxygens (including phenoxy) is 2. The van der Waals surface area contributed by atoms with Gasteiger partial charge < -0.3 is 14.8 Å². The Morgan fingerprint density at radius 3 is 2.64 bits per heavy atom. The molecule has 0 radical (unpaired) electrons. The van der Waals surface area contributed by atoms with Crippen LogP contribution in [0.3, 0.4) is 0 Å². The van der Waals surface area contributed by atoms with Crippen LogP contribution in [-0.2, 0) is 6.54 Å². The molecule has 3 aromatic heterocycles. The van der Waals surface area contributed by atoms with E-state index in [1.807, 2.05) is 54.9 Å². The molecule has 4 rings (SSSR count). The fourth-order valence-electron chi connectivity index (χ4n) is 3.31. The van der Waals surface area contributed by atoms with Gasteiger partial charge in [0.05, 0.1) is 18.4 Å². The van der Waals surface area contributed by atoms with Crippen molar-refractivity contribution < 1.29 is 14.3 Å². The van der Waals surface area contributed by atoms with Crippen LogP contribution in [0.5, 0.6) is 17.4 Å². The number of amides is 1. The van der Waals surface area contributed by atoms with Crippen molar-refractivity contribution in [1.82, 2.24) is 25.1 Å². The monoisotopic (exact) mass is 445 g/mol. The first kappa shape index (κ1) is 22.3. The molecule has 33 heavy (non-hydrogen) atoms. The molecule has 0 bridgehead atoms. The second-order valence-electron chi connectivity index (χ2n) is 7.89. The van der Waals surface area contributed by atoms with Gasteiger partial charge >= 0.3 is 0 Å². The molecule has 1 aromatic carbocycles. The Kier molecular flexibility index (Phi) is 6.83. The first-order chi connectivity index (χ1) is 16.0. The van der Waals surface area contributed by atoms with Gasteiger partial charge in [-0.3, -0.25) is 4.79 Å². The van der Waals surface area contributed by atoms with E-state index in [2.05, 4.69) is 27.3 Å². The van der Waals surface area contributed by atoms with E-state index in [1.54, 1.807) is 24.7 Å². The van der Waals surface area contributed by atoms with Gasteiger partial charge in [-0.25, -0.2) is 14.6 Å². The quantitative estimate of drug-likeness (QED) is 0.393. The standard InChI is InChI=1S/C25H27N5O3/c1-4-12-32-21-7-9-22(10-8-21)33-25-18(6-5-11-26-25)14-28-24(31)20-13-19-16-29-30(17(2)3)23(19)27-15-20/h5-11,13,15-17H,4,12,14H2,1-3H3,(H,28,31). The van der Waals surface area contributed by atoms with Crippen molar-refractivity contribution in [3.63, 3.8) is 0 Å². The largest absolute Gasteiger partial charge is 0.494 e. The fraction of sp³-hybridized carbons (Fsp3) is 0.280. The lowest BCUT2D eigenvalue weighted by molar-refractivity contribution is 0.0950. The Balaban J connectivity index is 1.42. The maximum absolute atomic E-state index is 12.7. The molecule has 0 saturated heterocycles. The molecule has 8 nitrogen and oxygen atoms in total. The van der Waals surface area contributed by atoms with Gasteiger partial charge in [0.15, 0.2) is 5.65 Å². The van der Waals surface area contributed by atoms with Crippen LogP contribution in [0.15, 0.2) is 61.1 Å². The molecule has 0 aliphatic carbocycles. The summed E-state index contributed by atoms with van der Waals surface area (Å²) in [6.45, 7) is 7.08. The Labute approximate surface area is 192 Å². The van der Waals surface area contributed by atoms with E-state index < -0.39 is 0 Å². The van der Waals surface area contributed by atoms with Gasteiger partial charge in [-0.2, -0.15) is 5.10 Å². The highest BCUT2D eigenvalue weighted by Gasteiger charge is 2.13. The molecule has 170 valence electrons. The average Bonchev–Trinajstić information content (AvgIpc) is 3.26. The van der Waals surface area contributed by atoms with Crippen LogP contribution in [0.2, 0.25) is 0 Å². The van der Waals surface area contributed by atoms with Gasteiger partial charge in [0.2, 0.25) is 5.88 Å². The Morgan fingerprint density at radius 1 is 1.09 bits per heavy atom. The van der Waals surface area contributed by atoms with Crippen molar-refractivity contribution in [3.05, 3.63) is 72.2 Å². The molecule has 0 spiro atoms. The number of hydrogen-bond donors (Lipinski definition) is 1. The summed E-state index contributed by atoms with van der Waals surface area (Å²) in [5, 5.41) is 8.10. The normalized spacial score (nSPS) is 11.0. The van der Waals surface area contributed by atoms with E-state index in [0.717, 1.165) is 28.8 Å². The zero-order chi connectivity index (χ0) is 23.2. The number of aromatic nitrogens is 4. The first-order valence-corrected chi connectivity index (χ1v) is 11.0. The lowest BCUT2D eigenvalue weighted by Gasteiger charge is -2.12. The zero-order valence-corrected chi connectivity index (χ0v) is 19.0. The van der Waals surface area contributed by atoms with Crippen molar-refractivity contribution in [2.24, 2.45) is 0 Å². The SMILES string of the molecule is CCCOc1ccc(Oc2ncccc2CNC(=O)c2cnc3c(cnn3C(C)C)c2)cc1. The highest BCUT2D eigenvalue weighted by Crippen LogP contribution is 2.25. The molecule has 0 atom stereocenters. The Morgan fingerprint density at radius 2 is 1.88 bits per heavy atom. The van der Waals surface area contributed by atoms with E-state index in [4.69, 9.17) is 9.47 Å². The van der Waals surface area contributed by atoms with E-state index in [9.17, 15) is 4.79 Å². The molecule has 0 aliphatic rings. The summed E-state index contributed by atoms with van der Waals surface area (Å²) in [6, 6.07) is 13.1. The minimum Gasteiger partial charge on any atom is -0.494 e. The van der Waals surface area contributed by atoms with Crippen molar-refractivity contribution in [2.75, 3.05) is 6.61 Å². The average molecular weight is 446 g/mol. The van der Waals surface area contributed by atoms with Crippen LogP contribution in [0.4, 0.5) is 0 Å². The van der Waals surface area contributed by atoms with Gasteiger partial charge in [-0.05, 0) is 56.7 Å². The van der Waals surface area contributed by atoms with Gasteiger partial charge in [0, 0.05) is 35.9 Å². The number of carbonyl (C=O) groups is 1.